The van der Waals surface area contributed by atoms with Crippen molar-refractivity contribution in [1.29, 1.82) is 0 Å². The van der Waals surface area contributed by atoms with Crippen LogP contribution in [0, 0.1) is 5.41 Å². The van der Waals surface area contributed by atoms with E-state index in [9.17, 15) is 4.79 Å². The molecule has 4 heteroatoms. The van der Waals surface area contributed by atoms with Gasteiger partial charge in [-0.2, -0.15) is 0 Å². The van der Waals surface area contributed by atoms with Crippen LogP contribution in [0.25, 0.3) is 0 Å². The molecule has 0 aliphatic rings. The van der Waals surface area contributed by atoms with Gasteiger partial charge in [0.05, 0.1) is 11.8 Å². The number of furan rings is 1. The molecule has 90 valence electrons. The maximum Gasteiger partial charge on any atom is 0.254 e. The van der Waals surface area contributed by atoms with Gasteiger partial charge in [-0.15, -0.1) is 0 Å². The highest BCUT2D eigenvalue weighted by Gasteiger charge is 2.19. The van der Waals surface area contributed by atoms with Crippen molar-refractivity contribution in [3.8, 4) is 0 Å². The van der Waals surface area contributed by atoms with Crippen molar-refractivity contribution >= 4 is 5.91 Å². The molecule has 0 radical (unpaired) electrons. The van der Waals surface area contributed by atoms with Gasteiger partial charge in [0.15, 0.2) is 0 Å². The lowest BCUT2D eigenvalue weighted by atomic mass is 9.95. The van der Waals surface area contributed by atoms with E-state index in [-0.39, 0.29) is 17.9 Å². The Morgan fingerprint density at radius 3 is 2.81 bits per heavy atom. The first-order chi connectivity index (χ1) is 7.50. The minimum Gasteiger partial charge on any atom is -0.469 e. The van der Waals surface area contributed by atoms with E-state index in [2.05, 4.69) is 5.32 Å². The van der Waals surface area contributed by atoms with Gasteiger partial charge >= 0.3 is 0 Å². The second-order valence-corrected chi connectivity index (χ2v) is 4.62. The van der Waals surface area contributed by atoms with E-state index in [1.54, 1.807) is 6.07 Å². The lowest BCUT2D eigenvalue weighted by molar-refractivity contribution is 0.0909. The van der Waals surface area contributed by atoms with Crippen LogP contribution < -0.4 is 5.32 Å². The summed E-state index contributed by atoms with van der Waals surface area (Å²) < 4.78 is 5.18. The maximum absolute atomic E-state index is 11.8. The van der Waals surface area contributed by atoms with Gasteiger partial charge in [-0.25, -0.2) is 0 Å². The quantitative estimate of drug-likeness (QED) is 0.800. The molecule has 0 fully saturated rings. The van der Waals surface area contributed by atoms with Gasteiger partial charge in [0.25, 0.3) is 5.91 Å². The third-order valence-electron chi connectivity index (χ3n) is 2.47. The Labute approximate surface area is 95.7 Å². The smallest absolute Gasteiger partial charge is 0.254 e. The van der Waals surface area contributed by atoms with Gasteiger partial charge in [-0.05, 0) is 6.07 Å². The molecular formula is C12H19NO3. The van der Waals surface area contributed by atoms with Gasteiger partial charge in [-0.1, -0.05) is 20.8 Å². The molecule has 1 rings (SSSR count). The molecule has 0 aliphatic heterocycles. The van der Waals surface area contributed by atoms with Crippen molar-refractivity contribution in [3.63, 3.8) is 0 Å². The minimum absolute atomic E-state index is 0.0410. The van der Waals surface area contributed by atoms with Crippen LogP contribution in [0.2, 0.25) is 0 Å². The van der Waals surface area contributed by atoms with E-state index in [4.69, 9.17) is 9.52 Å². The van der Waals surface area contributed by atoms with Crippen molar-refractivity contribution in [3.05, 3.63) is 23.7 Å². The Bertz CT molecular complexity index is 355. The normalized spacial score (nSPS) is 11.5. The first-order valence-corrected chi connectivity index (χ1v) is 5.45. The summed E-state index contributed by atoms with van der Waals surface area (Å²) in [5, 5.41) is 11.9. The maximum atomic E-state index is 11.8. The van der Waals surface area contributed by atoms with E-state index >= 15 is 0 Å². The molecule has 1 amide bonds. The molecule has 0 bridgehead atoms. The van der Waals surface area contributed by atoms with Gasteiger partial charge in [-0.3, -0.25) is 4.79 Å². The van der Waals surface area contributed by atoms with E-state index < -0.39 is 0 Å². The number of amides is 1. The molecule has 0 unspecified atom stereocenters. The Hall–Kier alpha value is -1.29. The molecule has 1 aromatic rings. The fourth-order valence-corrected chi connectivity index (χ4v) is 1.29. The largest absolute Gasteiger partial charge is 0.469 e. The number of carbonyl (C=O) groups is 1. The molecule has 1 heterocycles. The average Bonchev–Trinajstić information content (AvgIpc) is 2.74. The molecule has 0 atom stereocenters. The highest BCUT2D eigenvalue weighted by atomic mass is 16.3. The zero-order valence-corrected chi connectivity index (χ0v) is 10.0. The molecule has 1 aromatic heterocycles. The molecule has 0 spiro atoms. The highest BCUT2D eigenvalue weighted by molar-refractivity contribution is 5.95. The number of hydrogen-bond acceptors (Lipinski definition) is 3. The topological polar surface area (TPSA) is 62.5 Å². The van der Waals surface area contributed by atoms with Crippen molar-refractivity contribution < 1.29 is 14.3 Å². The molecule has 16 heavy (non-hydrogen) atoms. The van der Waals surface area contributed by atoms with Crippen molar-refractivity contribution in [2.24, 2.45) is 5.41 Å². The number of aliphatic hydroxyl groups excluding tert-OH is 1. The number of rotatable bonds is 5. The second kappa shape index (κ2) is 5.16. The fourth-order valence-electron chi connectivity index (χ4n) is 1.29. The van der Waals surface area contributed by atoms with Crippen LogP contribution in [0.4, 0.5) is 0 Å². The Morgan fingerprint density at radius 1 is 1.56 bits per heavy atom. The lowest BCUT2D eigenvalue weighted by Crippen LogP contribution is -2.36. The Kier molecular flexibility index (Phi) is 4.12. The van der Waals surface area contributed by atoms with Crippen LogP contribution >= 0.6 is 0 Å². The fraction of sp³-hybridized carbons (Fsp3) is 0.583. The third-order valence-corrected chi connectivity index (χ3v) is 2.47. The van der Waals surface area contributed by atoms with Crippen LogP contribution in [0.3, 0.4) is 0 Å². The molecule has 2 N–H and O–H groups in total. The average molecular weight is 225 g/mol. The first-order valence-electron chi connectivity index (χ1n) is 5.45. The zero-order valence-electron chi connectivity index (χ0n) is 10.0. The Morgan fingerprint density at radius 2 is 2.25 bits per heavy atom. The summed E-state index contributed by atoms with van der Waals surface area (Å²) in [6, 6.07) is 1.67. The minimum atomic E-state index is -0.300. The molecule has 0 aliphatic carbocycles. The molecule has 0 saturated carbocycles. The SMILES string of the molecule is CCc1occc1C(=O)NCC(C)(C)CO. The van der Waals surface area contributed by atoms with Crippen molar-refractivity contribution in [2.45, 2.75) is 27.2 Å². The standard InChI is InChI=1S/C12H19NO3/c1-4-10-9(5-6-16-10)11(15)13-7-12(2,3)8-14/h5-6,14H,4,7-8H2,1-3H3,(H,13,15). The summed E-state index contributed by atoms with van der Waals surface area (Å²) in [6.07, 6.45) is 2.21. The second-order valence-electron chi connectivity index (χ2n) is 4.62. The molecule has 4 nitrogen and oxygen atoms in total. The zero-order chi connectivity index (χ0) is 12.2. The molecule has 0 aromatic carbocycles. The van der Waals surface area contributed by atoms with Gasteiger partial charge in [0.1, 0.15) is 5.76 Å². The summed E-state index contributed by atoms with van der Waals surface area (Å²) in [5.41, 5.74) is 0.280. The van der Waals surface area contributed by atoms with Crippen LogP contribution in [0.5, 0.6) is 0 Å². The summed E-state index contributed by atoms with van der Waals surface area (Å²) in [7, 11) is 0. The van der Waals surface area contributed by atoms with Crippen molar-refractivity contribution in [1.82, 2.24) is 5.32 Å². The van der Waals surface area contributed by atoms with Crippen LogP contribution in [0.1, 0.15) is 36.9 Å². The predicted molar refractivity (Wildman–Crippen MR) is 61.3 cm³/mol. The molecule has 0 saturated heterocycles. The summed E-state index contributed by atoms with van der Waals surface area (Å²) in [6.45, 7) is 6.20. The predicted octanol–water partition coefficient (Wildman–Crippen LogP) is 1.59. The molecular weight excluding hydrogens is 206 g/mol. The van der Waals surface area contributed by atoms with Gasteiger partial charge in [0.2, 0.25) is 0 Å². The monoisotopic (exact) mass is 225 g/mol. The van der Waals surface area contributed by atoms with E-state index in [0.29, 0.717) is 24.3 Å². The van der Waals surface area contributed by atoms with Gasteiger partial charge in [0, 0.05) is 25.0 Å². The van der Waals surface area contributed by atoms with Gasteiger partial charge < -0.3 is 14.8 Å². The number of aryl methyl sites for hydroxylation is 1. The van der Waals surface area contributed by atoms with Crippen LogP contribution in [-0.4, -0.2) is 24.2 Å². The summed E-state index contributed by atoms with van der Waals surface area (Å²) in [4.78, 5) is 11.8. The lowest BCUT2D eigenvalue weighted by Gasteiger charge is -2.21. The van der Waals surface area contributed by atoms with E-state index in [0.717, 1.165) is 0 Å². The van der Waals surface area contributed by atoms with E-state index in [1.807, 2.05) is 20.8 Å². The van der Waals surface area contributed by atoms with E-state index in [1.165, 1.54) is 6.26 Å². The highest BCUT2D eigenvalue weighted by Crippen LogP contribution is 2.14. The Balaban J connectivity index is 2.60. The van der Waals surface area contributed by atoms with Crippen LogP contribution in [0.15, 0.2) is 16.7 Å². The van der Waals surface area contributed by atoms with Crippen LogP contribution in [-0.2, 0) is 6.42 Å². The number of carbonyl (C=O) groups excluding carboxylic acids is 1. The summed E-state index contributed by atoms with van der Waals surface area (Å²) in [5.74, 6) is 0.548. The number of nitrogens with one attached hydrogen (secondary N) is 1. The number of hydrogen-bond donors (Lipinski definition) is 2. The first kappa shape index (κ1) is 12.8. The number of aliphatic hydroxyl groups is 1. The third kappa shape index (κ3) is 3.10. The van der Waals surface area contributed by atoms with Crippen molar-refractivity contribution in [2.75, 3.05) is 13.2 Å². The summed E-state index contributed by atoms with van der Waals surface area (Å²) >= 11 is 0.